The molecule has 0 aliphatic rings. The zero-order valence-electron chi connectivity index (χ0n) is 47.5. The Bertz CT molecular complexity index is 1060. The molecule has 0 radical (unpaired) electrons. The molecule has 0 fully saturated rings. The third-order valence-electron chi connectivity index (χ3n) is 14.5. The van der Waals surface area contributed by atoms with Gasteiger partial charge in [0.25, 0.3) is 0 Å². The van der Waals surface area contributed by atoms with E-state index in [0.29, 0.717) is 19.3 Å². The third-order valence-corrected chi connectivity index (χ3v) is 14.5. The van der Waals surface area contributed by atoms with Gasteiger partial charge in [0.1, 0.15) is 13.2 Å². The van der Waals surface area contributed by atoms with Crippen LogP contribution in [0.15, 0.2) is 0 Å². The third kappa shape index (κ3) is 57.2. The van der Waals surface area contributed by atoms with Gasteiger partial charge in [-0.3, -0.25) is 14.4 Å². The largest absolute Gasteiger partial charge is 0.462 e. The predicted octanol–water partition coefficient (Wildman–Crippen LogP) is 20.8. The van der Waals surface area contributed by atoms with Crippen molar-refractivity contribution in [3.8, 4) is 0 Å². The quantitative estimate of drug-likeness (QED) is 0.0343. The van der Waals surface area contributed by atoms with Crippen molar-refractivity contribution in [3.05, 3.63) is 0 Å². The van der Waals surface area contributed by atoms with Gasteiger partial charge in [0.05, 0.1) is 0 Å². The normalized spacial score (nSPS) is 12.0. The molecule has 410 valence electrons. The summed E-state index contributed by atoms with van der Waals surface area (Å²) in [4.78, 5) is 38.2. The number of hydrogen-bond donors (Lipinski definition) is 0. The number of carbonyl (C=O) groups is 3. The zero-order valence-corrected chi connectivity index (χ0v) is 47.5. The molecule has 0 aromatic carbocycles. The van der Waals surface area contributed by atoms with Crippen molar-refractivity contribution in [2.24, 2.45) is 11.8 Å². The van der Waals surface area contributed by atoms with Gasteiger partial charge in [0.2, 0.25) is 0 Å². The Kier molecular flexibility index (Phi) is 54.4. The molecule has 6 heteroatoms. The van der Waals surface area contributed by atoms with Crippen molar-refractivity contribution in [1.29, 1.82) is 0 Å². The Hall–Kier alpha value is -1.59. The molecule has 1 atom stereocenters. The molecule has 0 amide bonds. The lowest BCUT2D eigenvalue weighted by atomic mass is 10.0. The maximum atomic E-state index is 12.9. The minimum atomic E-state index is -0.763. The average Bonchev–Trinajstić information content (AvgIpc) is 3.32. The number of hydrogen-bond acceptors (Lipinski definition) is 6. The summed E-state index contributed by atoms with van der Waals surface area (Å²) in [6, 6.07) is 0. The molecule has 0 saturated carbocycles. The van der Waals surface area contributed by atoms with Crippen LogP contribution < -0.4 is 0 Å². The minimum absolute atomic E-state index is 0.0622. The minimum Gasteiger partial charge on any atom is -0.462 e. The average molecular weight is 976 g/mol. The summed E-state index contributed by atoms with van der Waals surface area (Å²) in [6.07, 6.45) is 61.0. The van der Waals surface area contributed by atoms with Gasteiger partial charge in [-0.1, -0.05) is 317 Å². The molecular formula is C63H122O6. The molecule has 0 aromatic rings. The molecule has 0 bridgehead atoms. The first-order valence-corrected chi connectivity index (χ1v) is 31.2. The first-order valence-electron chi connectivity index (χ1n) is 31.2. The van der Waals surface area contributed by atoms with Crippen LogP contribution in [0.4, 0.5) is 0 Å². The number of rotatable bonds is 57. The Morgan fingerprint density at radius 1 is 0.275 bits per heavy atom. The van der Waals surface area contributed by atoms with E-state index in [1.165, 1.54) is 244 Å². The van der Waals surface area contributed by atoms with Gasteiger partial charge in [0.15, 0.2) is 6.10 Å². The maximum absolute atomic E-state index is 12.9. The lowest BCUT2D eigenvalue weighted by molar-refractivity contribution is -0.167. The van der Waals surface area contributed by atoms with Crippen LogP contribution in [0.5, 0.6) is 0 Å². The highest BCUT2D eigenvalue weighted by atomic mass is 16.6. The van der Waals surface area contributed by atoms with Crippen LogP contribution >= 0.6 is 0 Å². The summed E-state index contributed by atoms with van der Waals surface area (Å²) in [5.74, 6) is 0.842. The van der Waals surface area contributed by atoms with Crippen LogP contribution in [0.2, 0.25) is 0 Å². The van der Waals surface area contributed by atoms with E-state index in [-0.39, 0.29) is 31.1 Å². The van der Waals surface area contributed by atoms with Crippen molar-refractivity contribution in [1.82, 2.24) is 0 Å². The van der Waals surface area contributed by atoms with E-state index in [2.05, 4.69) is 34.6 Å². The van der Waals surface area contributed by atoms with Crippen molar-refractivity contribution in [2.75, 3.05) is 13.2 Å². The summed E-state index contributed by atoms with van der Waals surface area (Å²) in [6.45, 7) is 11.4. The van der Waals surface area contributed by atoms with Gasteiger partial charge in [-0.2, -0.15) is 0 Å². The van der Waals surface area contributed by atoms with Crippen molar-refractivity contribution in [3.63, 3.8) is 0 Å². The molecule has 6 nitrogen and oxygen atoms in total. The van der Waals surface area contributed by atoms with Gasteiger partial charge in [-0.15, -0.1) is 0 Å². The van der Waals surface area contributed by atoms with Gasteiger partial charge < -0.3 is 14.2 Å². The Labute approximate surface area is 431 Å². The summed E-state index contributed by atoms with van der Waals surface area (Å²) in [5, 5.41) is 0. The predicted molar refractivity (Wildman–Crippen MR) is 298 cm³/mol. The lowest BCUT2D eigenvalue weighted by Gasteiger charge is -2.18. The Morgan fingerprint density at radius 3 is 0.710 bits per heavy atom. The number of ether oxygens (including phenoxy) is 3. The van der Waals surface area contributed by atoms with E-state index in [9.17, 15) is 14.4 Å². The van der Waals surface area contributed by atoms with Gasteiger partial charge in [0, 0.05) is 19.3 Å². The van der Waals surface area contributed by atoms with Crippen LogP contribution in [0.25, 0.3) is 0 Å². The van der Waals surface area contributed by atoms with Gasteiger partial charge in [-0.25, -0.2) is 0 Å². The summed E-state index contributed by atoms with van der Waals surface area (Å²) in [5.41, 5.74) is 0. The molecule has 0 spiro atoms. The van der Waals surface area contributed by atoms with Gasteiger partial charge in [-0.05, 0) is 31.1 Å². The van der Waals surface area contributed by atoms with Crippen LogP contribution in [0.3, 0.4) is 0 Å². The molecule has 0 unspecified atom stereocenters. The first-order chi connectivity index (χ1) is 33.7. The van der Waals surface area contributed by atoms with E-state index in [4.69, 9.17) is 14.2 Å². The second kappa shape index (κ2) is 55.7. The molecule has 0 saturated heterocycles. The second-order valence-corrected chi connectivity index (χ2v) is 22.6. The SMILES string of the molecule is CCCCCCCCCCCCCCCCCCCC(=O)OC[C@H](COC(=O)CCCCCCCCCCCCC(C)C)OC(=O)CCCCCCCCCCCCCCCCCCCCC(C)C. The summed E-state index contributed by atoms with van der Waals surface area (Å²) < 4.78 is 16.9. The van der Waals surface area contributed by atoms with Crippen molar-refractivity contribution < 1.29 is 28.6 Å². The number of unbranched alkanes of at least 4 members (excludes halogenated alkanes) is 42. The van der Waals surface area contributed by atoms with E-state index in [1.807, 2.05) is 0 Å². The first kappa shape index (κ1) is 67.4. The fourth-order valence-electron chi connectivity index (χ4n) is 9.76. The van der Waals surface area contributed by atoms with Crippen LogP contribution in [-0.2, 0) is 28.6 Å². The Morgan fingerprint density at radius 2 is 0.478 bits per heavy atom. The standard InChI is InChI=1S/C63H122O6/c1-6-7-8-9-10-11-12-13-14-17-21-24-27-33-38-43-48-53-61(64)67-56-60(57-68-62(65)54-49-44-39-34-30-29-32-37-42-47-52-59(4)5)69-63(66)55-50-45-40-35-28-25-22-19-16-15-18-20-23-26-31-36-41-46-51-58(2)3/h58-60H,6-57H2,1-5H3/t60-/m1/s1. The molecular weight excluding hydrogens is 853 g/mol. The summed E-state index contributed by atoms with van der Waals surface area (Å²) >= 11 is 0. The topological polar surface area (TPSA) is 78.9 Å². The van der Waals surface area contributed by atoms with Crippen molar-refractivity contribution >= 4 is 17.9 Å². The molecule has 0 N–H and O–H groups in total. The second-order valence-electron chi connectivity index (χ2n) is 22.6. The highest BCUT2D eigenvalue weighted by molar-refractivity contribution is 5.71. The Balaban J connectivity index is 4.26. The highest BCUT2D eigenvalue weighted by Crippen LogP contribution is 2.19. The number of carbonyl (C=O) groups excluding carboxylic acids is 3. The number of esters is 3. The fraction of sp³-hybridized carbons (Fsp3) is 0.952. The van der Waals surface area contributed by atoms with E-state index >= 15 is 0 Å². The van der Waals surface area contributed by atoms with E-state index in [1.54, 1.807) is 0 Å². The molecule has 0 aliphatic heterocycles. The van der Waals surface area contributed by atoms with Crippen LogP contribution in [-0.4, -0.2) is 37.2 Å². The van der Waals surface area contributed by atoms with E-state index in [0.717, 1.165) is 69.6 Å². The monoisotopic (exact) mass is 975 g/mol. The van der Waals surface area contributed by atoms with Crippen LogP contribution in [0.1, 0.15) is 356 Å². The fourth-order valence-corrected chi connectivity index (χ4v) is 9.76. The molecule has 0 aliphatic carbocycles. The summed E-state index contributed by atoms with van der Waals surface area (Å²) in [7, 11) is 0. The molecule has 0 aromatic heterocycles. The maximum Gasteiger partial charge on any atom is 0.306 e. The highest BCUT2D eigenvalue weighted by Gasteiger charge is 2.19. The smallest absolute Gasteiger partial charge is 0.306 e. The van der Waals surface area contributed by atoms with Crippen molar-refractivity contribution in [2.45, 2.75) is 362 Å². The lowest BCUT2D eigenvalue weighted by Crippen LogP contribution is -2.30. The van der Waals surface area contributed by atoms with Crippen LogP contribution in [0, 0.1) is 11.8 Å². The molecule has 69 heavy (non-hydrogen) atoms. The zero-order chi connectivity index (χ0) is 50.4. The molecule has 0 heterocycles. The van der Waals surface area contributed by atoms with E-state index < -0.39 is 6.10 Å². The van der Waals surface area contributed by atoms with Gasteiger partial charge >= 0.3 is 17.9 Å². The molecule has 0 rings (SSSR count).